The van der Waals surface area contributed by atoms with E-state index in [0.717, 1.165) is 6.07 Å². The van der Waals surface area contributed by atoms with Gasteiger partial charge < -0.3 is 19.6 Å². The molecule has 0 aliphatic rings. The van der Waals surface area contributed by atoms with Crippen molar-refractivity contribution < 1.29 is 37.0 Å². The monoisotopic (exact) mass is 323 g/mol. The maximum Gasteiger partial charge on any atom is 0.411 e. The number of rotatable bonds is 7. The van der Waals surface area contributed by atoms with Crippen molar-refractivity contribution in [2.45, 2.75) is 32.5 Å². The minimum absolute atomic E-state index is 0.117. The van der Waals surface area contributed by atoms with E-state index < -0.39 is 30.7 Å². The van der Waals surface area contributed by atoms with Gasteiger partial charge in [-0.05, 0) is 6.92 Å². The van der Waals surface area contributed by atoms with Crippen LogP contribution in [0.1, 0.15) is 40.5 Å². The molecule has 1 unspecified atom stereocenters. The molecule has 1 amide bonds. The summed E-state index contributed by atoms with van der Waals surface area (Å²) >= 11 is 0. The van der Waals surface area contributed by atoms with Gasteiger partial charge in [0.15, 0.2) is 5.76 Å². The average molecular weight is 323 g/mol. The number of hydrogen-bond acceptors (Lipinski definition) is 4. The van der Waals surface area contributed by atoms with E-state index in [-0.39, 0.29) is 23.7 Å². The van der Waals surface area contributed by atoms with Gasteiger partial charge in [0.25, 0.3) is 5.91 Å². The molecule has 0 saturated carbocycles. The molecule has 1 heterocycles. The second kappa shape index (κ2) is 7.30. The molecule has 0 aromatic carbocycles. The van der Waals surface area contributed by atoms with E-state index in [1.54, 1.807) is 6.92 Å². The molecule has 2 N–H and O–H groups in total. The molecule has 0 aliphatic carbocycles. The molecule has 1 atom stereocenters. The topological polar surface area (TPSA) is 88.8 Å². The van der Waals surface area contributed by atoms with Gasteiger partial charge in [-0.3, -0.25) is 4.79 Å². The molecule has 9 heteroatoms. The van der Waals surface area contributed by atoms with Crippen LogP contribution >= 0.6 is 0 Å². The van der Waals surface area contributed by atoms with Crippen LogP contribution in [0.2, 0.25) is 0 Å². The summed E-state index contributed by atoms with van der Waals surface area (Å²) < 4.78 is 45.3. The van der Waals surface area contributed by atoms with Crippen molar-refractivity contribution in [3.8, 4) is 0 Å². The highest BCUT2D eigenvalue weighted by Crippen LogP contribution is 2.17. The molecule has 124 valence electrons. The minimum atomic E-state index is -4.43. The van der Waals surface area contributed by atoms with Crippen molar-refractivity contribution in [2.75, 3.05) is 13.2 Å². The van der Waals surface area contributed by atoms with Crippen LogP contribution < -0.4 is 5.32 Å². The van der Waals surface area contributed by atoms with Crippen molar-refractivity contribution in [1.29, 1.82) is 0 Å². The van der Waals surface area contributed by atoms with Gasteiger partial charge in [-0.2, -0.15) is 13.2 Å². The highest BCUT2D eigenvalue weighted by atomic mass is 19.4. The lowest BCUT2D eigenvalue weighted by atomic mass is 10.2. The lowest BCUT2D eigenvalue weighted by molar-refractivity contribution is -0.174. The maximum absolute atomic E-state index is 11.9. The van der Waals surface area contributed by atoms with Crippen LogP contribution in [0, 0.1) is 0 Å². The number of carboxylic acid groups (broad SMARTS) is 1. The van der Waals surface area contributed by atoms with Crippen LogP contribution in [0.25, 0.3) is 0 Å². The van der Waals surface area contributed by atoms with Crippen molar-refractivity contribution in [3.63, 3.8) is 0 Å². The maximum atomic E-state index is 11.9. The predicted molar refractivity (Wildman–Crippen MR) is 68.8 cm³/mol. The highest BCUT2D eigenvalue weighted by Gasteiger charge is 2.28. The largest absolute Gasteiger partial charge is 0.478 e. The lowest BCUT2D eigenvalue weighted by Gasteiger charge is -2.14. The van der Waals surface area contributed by atoms with E-state index >= 15 is 0 Å². The summed E-state index contributed by atoms with van der Waals surface area (Å²) in [6.07, 6.45) is -4.14. The third kappa shape index (κ3) is 5.40. The van der Waals surface area contributed by atoms with Crippen LogP contribution in [0.4, 0.5) is 13.2 Å². The Kier molecular flexibility index (Phi) is 5.98. The van der Waals surface area contributed by atoms with E-state index in [0.29, 0.717) is 6.42 Å². The second-order valence-corrected chi connectivity index (χ2v) is 4.61. The zero-order chi connectivity index (χ0) is 16.9. The van der Waals surface area contributed by atoms with Crippen molar-refractivity contribution in [1.82, 2.24) is 5.32 Å². The molecule has 1 rings (SSSR count). The molecule has 0 fully saturated rings. The summed E-state index contributed by atoms with van der Waals surface area (Å²) in [7, 11) is 0. The van der Waals surface area contributed by atoms with E-state index in [4.69, 9.17) is 9.52 Å². The van der Waals surface area contributed by atoms with Gasteiger partial charge in [-0.1, -0.05) is 6.92 Å². The SMILES string of the molecule is CCc1oc(C(=O)NC(C)COCC(F)(F)F)cc1C(=O)O. The molecule has 1 aromatic heterocycles. The number of halogens is 3. The first-order valence-electron chi connectivity index (χ1n) is 6.45. The third-order valence-electron chi connectivity index (χ3n) is 2.60. The third-order valence-corrected chi connectivity index (χ3v) is 2.60. The van der Waals surface area contributed by atoms with Gasteiger partial charge in [0.2, 0.25) is 0 Å². The summed E-state index contributed by atoms with van der Waals surface area (Å²) in [6, 6.07) is 0.387. The smallest absolute Gasteiger partial charge is 0.411 e. The normalized spacial score (nSPS) is 13.0. The number of carboxylic acids is 1. The summed E-state index contributed by atoms with van der Waals surface area (Å²) in [6.45, 7) is 1.38. The Bertz CT molecular complexity index is 538. The first-order chi connectivity index (χ1) is 10.1. The number of ether oxygens (including phenoxy) is 1. The molecule has 0 saturated heterocycles. The molecule has 0 aliphatic heterocycles. The van der Waals surface area contributed by atoms with Gasteiger partial charge in [0.1, 0.15) is 17.9 Å². The zero-order valence-electron chi connectivity index (χ0n) is 12.0. The Morgan fingerprint density at radius 1 is 1.45 bits per heavy atom. The number of amides is 1. The van der Waals surface area contributed by atoms with Crippen LogP contribution in [0.15, 0.2) is 10.5 Å². The fourth-order valence-corrected chi connectivity index (χ4v) is 1.67. The first kappa shape index (κ1) is 18.0. The standard InChI is InChI=1S/C13H16F3NO5/c1-3-9-8(12(19)20)4-10(22-9)11(18)17-7(2)5-21-6-13(14,15)16/h4,7H,3,5-6H2,1-2H3,(H,17,18)(H,19,20). The van der Waals surface area contributed by atoms with Crippen LogP contribution in [0.3, 0.4) is 0 Å². The summed E-state index contributed by atoms with van der Waals surface area (Å²) in [5, 5.41) is 11.3. The van der Waals surface area contributed by atoms with Gasteiger partial charge in [0, 0.05) is 18.5 Å². The summed E-state index contributed by atoms with van der Waals surface area (Å²) in [5.41, 5.74) is -0.117. The Morgan fingerprint density at radius 3 is 2.55 bits per heavy atom. The van der Waals surface area contributed by atoms with E-state index in [2.05, 4.69) is 10.1 Å². The Balaban J connectivity index is 2.59. The number of hydrogen-bond donors (Lipinski definition) is 2. The van der Waals surface area contributed by atoms with E-state index in [1.807, 2.05) is 0 Å². The van der Waals surface area contributed by atoms with Crippen molar-refractivity contribution in [3.05, 3.63) is 23.2 Å². The van der Waals surface area contributed by atoms with E-state index in [1.165, 1.54) is 6.92 Å². The zero-order valence-corrected chi connectivity index (χ0v) is 12.0. The second-order valence-electron chi connectivity index (χ2n) is 4.61. The molecular weight excluding hydrogens is 307 g/mol. The number of carbonyl (C=O) groups is 2. The predicted octanol–water partition coefficient (Wildman–Crippen LogP) is 2.24. The quantitative estimate of drug-likeness (QED) is 0.803. The first-order valence-corrected chi connectivity index (χ1v) is 6.45. The number of furan rings is 1. The lowest BCUT2D eigenvalue weighted by Crippen LogP contribution is -2.36. The van der Waals surface area contributed by atoms with Crippen molar-refractivity contribution >= 4 is 11.9 Å². The fourth-order valence-electron chi connectivity index (χ4n) is 1.67. The number of aromatic carboxylic acids is 1. The van der Waals surface area contributed by atoms with Crippen LogP contribution in [0.5, 0.6) is 0 Å². The fraction of sp³-hybridized carbons (Fsp3) is 0.538. The average Bonchev–Trinajstić information content (AvgIpc) is 2.81. The van der Waals surface area contributed by atoms with Crippen LogP contribution in [-0.4, -0.2) is 42.4 Å². The van der Waals surface area contributed by atoms with Gasteiger partial charge in [-0.15, -0.1) is 0 Å². The molecule has 22 heavy (non-hydrogen) atoms. The van der Waals surface area contributed by atoms with Gasteiger partial charge in [-0.25, -0.2) is 4.79 Å². The van der Waals surface area contributed by atoms with Crippen molar-refractivity contribution in [2.24, 2.45) is 0 Å². The molecule has 0 bridgehead atoms. The Hall–Kier alpha value is -2.03. The van der Waals surface area contributed by atoms with Gasteiger partial charge in [0.05, 0.1) is 6.61 Å². The van der Waals surface area contributed by atoms with Gasteiger partial charge >= 0.3 is 12.1 Å². The number of carbonyl (C=O) groups excluding carboxylic acids is 1. The molecule has 0 radical (unpaired) electrons. The number of aryl methyl sites for hydroxylation is 1. The van der Waals surface area contributed by atoms with Crippen LogP contribution in [-0.2, 0) is 11.2 Å². The molecule has 1 aromatic rings. The summed E-state index contributed by atoms with van der Waals surface area (Å²) in [4.78, 5) is 22.8. The minimum Gasteiger partial charge on any atom is -0.478 e. The molecule has 6 nitrogen and oxygen atoms in total. The molecule has 0 spiro atoms. The number of nitrogens with one attached hydrogen (secondary N) is 1. The molecular formula is C13H16F3NO5. The highest BCUT2D eigenvalue weighted by molar-refractivity contribution is 5.96. The van der Waals surface area contributed by atoms with E-state index in [9.17, 15) is 22.8 Å². The Morgan fingerprint density at radius 2 is 2.09 bits per heavy atom. The number of alkyl halides is 3. The Labute approximate surface area is 124 Å². The summed E-state index contributed by atoms with van der Waals surface area (Å²) in [5.74, 6) is -2.00.